The SMILES string of the molecule is O=c1[nH]c2cc3c(cc2cc1CN(Cc1ccccc1)S(=O)(=O)c1ccccc1)OCCO3. The van der Waals surface area contributed by atoms with Gasteiger partial charge in [-0.1, -0.05) is 48.5 Å². The Morgan fingerprint density at radius 3 is 2.15 bits per heavy atom. The van der Waals surface area contributed by atoms with Gasteiger partial charge in [-0.2, -0.15) is 4.31 Å². The van der Waals surface area contributed by atoms with E-state index >= 15 is 0 Å². The van der Waals surface area contributed by atoms with Crippen molar-refractivity contribution in [1.29, 1.82) is 0 Å². The second-order valence-electron chi connectivity index (χ2n) is 7.78. The fourth-order valence-corrected chi connectivity index (χ4v) is 5.28. The van der Waals surface area contributed by atoms with Gasteiger partial charge >= 0.3 is 0 Å². The van der Waals surface area contributed by atoms with Crippen molar-refractivity contribution in [3.05, 3.63) is 100 Å². The summed E-state index contributed by atoms with van der Waals surface area (Å²) in [4.78, 5) is 15.9. The number of sulfonamides is 1. The van der Waals surface area contributed by atoms with Crippen LogP contribution < -0.4 is 15.0 Å². The van der Waals surface area contributed by atoms with Crippen molar-refractivity contribution in [2.75, 3.05) is 13.2 Å². The van der Waals surface area contributed by atoms with Gasteiger partial charge in [0.25, 0.3) is 5.56 Å². The summed E-state index contributed by atoms with van der Waals surface area (Å²) in [5.41, 5.74) is 1.43. The van der Waals surface area contributed by atoms with Gasteiger partial charge in [0.1, 0.15) is 13.2 Å². The maximum atomic E-state index is 13.5. The van der Waals surface area contributed by atoms with Gasteiger partial charge in [-0.05, 0) is 29.8 Å². The number of aromatic nitrogens is 1. The number of hydrogen-bond donors (Lipinski definition) is 1. The summed E-state index contributed by atoms with van der Waals surface area (Å²) in [6.45, 7) is 0.962. The Kier molecular flexibility index (Phi) is 5.62. The van der Waals surface area contributed by atoms with E-state index in [2.05, 4.69) is 4.98 Å². The maximum absolute atomic E-state index is 13.5. The van der Waals surface area contributed by atoms with Gasteiger partial charge in [0.15, 0.2) is 11.5 Å². The first kappa shape index (κ1) is 21.2. The molecule has 0 amide bonds. The highest BCUT2D eigenvalue weighted by molar-refractivity contribution is 7.89. The Balaban J connectivity index is 1.56. The van der Waals surface area contributed by atoms with Gasteiger partial charge in [-0.15, -0.1) is 0 Å². The van der Waals surface area contributed by atoms with Crippen LogP contribution in [0.3, 0.4) is 0 Å². The lowest BCUT2D eigenvalue weighted by atomic mass is 10.1. The van der Waals surface area contributed by atoms with Crippen molar-refractivity contribution in [1.82, 2.24) is 9.29 Å². The summed E-state index contributed by atoms with van der Waals surface area (Å²) in [6.07, 6.45) is 0. The molecule has 3 aromatic carbocycles. The molecule has 2 heterocycles. The van der Waals surface area contributed by atoms with Gasteiger partial charge in [-0.3, -0.25) is 4.79 Å². The summed E-state index contributed by atoms with van der Waals surface area (Å²) in [6, 6.07) is 22.8. The molecule has 8 heteroatoms. The van der Waals surface area contributed by atoms with Crippen molar-refractivity contribution < 1.29 is 17.9 Å². The van der Waals surface area contributed by atoms with Gasteiger partial charge in [0.05, 0.1) is 10.4 Å². The summed E-state index contributed by atoms with van der Waals surface area (Å²) < 4.78 is 39.5. The topological polar surface area (TPSA) is 88.7 Å². The van der Waals surface area contributed by atoms with Crippen LogP contribution in [0.2, 0.25) is 0 Å². The lowest BCUT2D eigenvalue weighted by molar-refractivity contribution is 0.172. The normalized spacial score (nSPS) is 13.4. The van der Waals surface area contributed by atoms with E-state index in [0.29, 0.717) is 35.8 Å². The molecule has 168 valence electrons. The molecule has 0 spiro atoms. The largest absolute Gasteiger partial charge is 0.486 e. The zero-order chi connectivity index (χ0) is 22.8. The Morgan fingerprint density at radius 1 is 0.818 bits per heavy atom. The maximum Gasteiger partial charge on any atom is 0.252 e. The van der Waals surface area contributed by atoms with Crippen LogP contribution in [0.15, 0.2) is 88.6 Å². The molecule has 0 saturated heterocycles. The fourth-order valence-electron chi connectivity index (χ4n) is 3.85. The highest BCUT2D eigenvalue weighted by Crippen LogP contribution is 2.34. The molecule has 0 fully saturated rings. The van der Waals surface area contributed by atoms with Crippen LogP contribution in [-0.2, 0) is 23.1 Å². The van der Waals surface area contributed by atoms with Gasteiger partial charge < -0.3 is 14.5 Å². The summed E-state index contributed by atoms with van der Waals surface area (Å²) in [5, 5.41) is 0.741. The molecule has 1 aliphatic rings. The number of aromatic amines is 1. The number of nitrogens with one attached hydrogen (secondary N) is 1. The molecule has 0 saturated carbocycles. The molecule has 0 aliphatic carbocycles. The minimum Gasteiger partial charge on any atom is -0.486 e. The zero-order valence-corrected chi connectivity index (χ0v) is 18.5. The zero-order valence-electron chi connectivity index (χ0n) is 17.7. The molecule has 33 heavy (non-hydrogen) atoms. The van der Waals surface area contributed by atoms with Crippen LogP contribution in [0.4, 0.5) is 0 Å². The lowest BCUT2D eigenvalue weighted by Crippen LogP contribution is -2.32. The number of rotatable bonds is 6. The van der Waals surface area contributed by atoms with Crippen LogP contribution in [0.5, 0.6) is 11.5 Å². The minimum absolute atomic E-state index is 0.0775. The fraction of sp³-hybridized carbons (Fsp3) is 0.160. The number of nitrogens with zero attached hydrogens (tertiary/aromatic N) is 1. The van der Waals surface area contributed by atoms with E-state index in [0.717, 1.165) is 10.9 Å². The predicted molar refractivity (Wildman–Crippen MR) is 125 cm³/mol. The van der Waals surface area contributed by atoms with Gasteiger partial charge in [0.2, 0.25) is 10.0 Å². The van der Waals surface area contributed by atoms with Crippen LogP contribution in [0.1, 0.15) is 11.1 Å². The second kappa shape index (κ2) is 8.73. The van der Waals surface area contributed by atoms with Crippen LogP contribution in [0, 0.1) is 0 Å². The van der Waals surface area contributed by atoms with Crippen molar-refractivity contribution in [2.45, 2.75) is 18.0 Å². The van der Waals surface area contributed by atoms with E-state index in [1.165, 1.54) is 4.31 Å². The third kappa shape index (κ3) is 4.35. The van der Waals surface area contributed by atoms with Crippen LogP contribution in [-0.4, -0.2) is 30.9 Å². The number of fused-ring (bicyclic) bond motifs is 2. The predicted octanol–water partition coefficient (Wildman–Crippen LogP) is 3.69. The standard InChI is InChI=1S/C25H22N2O5S/c28-25-20(13-19-14-23-24(15-22(19)26-25)32-12-11-31-23)17-27(16-18-7-3-1-4-8-18)33(29,30)21-9-5-2-6-10-21/h1-10,13-15H,11-12,16-17H2,(H,26,28). The molecule has 1 aliphatic heterocycles. The third-order valence-corrected chi connectivity index (χ3v) is 7.32. The minimum atomic E-state index is -3.85. The van der Waals surface area contributed by atoms with Gasteiger partial charge in [0, 0.05) is 30.1 Å². The number of H-pyrrole nitrogens is 1. The molecule has 0 radical (unpaired) electrons. The third-order valence-electron chi connectivity index (χ3n) is 5.51. The highest BCUT2D eigenvalue weighted by atomic mass is 32.2. The Morgan fingerprint density at radius 2 is 1.45 bits per heavy atom. The van der Waals surface area contributed by atoms with Gasteiger partial charge in [-0.25, -0.2) is 8.42 Å². The number of hydrogen-bond acceptors (Lipinski definition) is 5. The number of pyridine rings is 1. The monoisotopic (exact) mass is 462 g/mol. The van der Waals surface area contributed by atoms with Crippen LogP contribution >= 0.6 is 0 Å². The molecule has 7 nitrogen and oxygen atoms in total. The van der Waals surface area contributed by atoms with Crippen molar-refractivity contribution in [3.63, 3.8) is 0 Å². The first-order chi connectivity index (χ1) is 16.0. The van der Waals surface area contributed by atoms with Crippen molar-refractivity contribution in [3.8, 4) is 11.5 Å². The molecule has 0 unspecified atom stereocenters. The molecular weight excluding hydrogens is 440 g/mol. The molecule has 0 atom stereocenters. The first-order valence-corrected chi connectivity index (χ1v) is 12.0. The van der Waals surface area contributed by atoms with Crippen molar-refractivity contribution >= 4 is 20.9 Å². The van der Waals surface area contributed by atoms with Crippen LogP contribution in [0.25, 0.3) is 10.9 Å². The smallest absolute Gasteiger partial charge is 0.252 e. The molecule has 1 aromatic heterocycles. The van der Waals surface area contributed by atoms with E-state index in [1.807, 2.05) is 30.3 Å². The van der Waals surface area contributed by atoms with E-state index < -0.39 is 10.0 Å². The Labute approximate surface area is 191 Å². The average molecular weight is 463 g/mol. The Hall–Kier alpha value is -3.62. The molecule has 5 rings (SSSR count). The summed E-state index contributed by atoms with van der Waals surface area (Å²) >= 11 is 0. The first-order valence-electron chi connectivity index (χ1n) is 10.6. The van der Waals surface area contributed by atoms with E-state index in [4.69, 9.17) is 9.47 Å². The van der Waals surface area contributed by atoms with E-state index in [1.54, 1.807) is 48.5 Å². The average Bonchev–Trinajstić information content (AvgIpc) is 2.84. The molecule has 0 bridgehead atoms. The van der Waals surface area contributed by atoms with E-state index in [9.17, 15) is 13.2 Å². The lowest BCUT2D eigenvalue weighted by Gasteiger charge is -2.23. The highest BCUT2D eigenvalue weighted by Gasteiger charge is 2.26. The van der Waals surface area contributed by atoms with E-state index in [-0.39, 0.29) is 23.5 Å². The molecular formula is C25H22N2O5S. The number of ether oxygens (including phenoxy) is 2. The molecule has 4 aromatic rings. The molecule has 1 N–H and O–H groups in total. The second-order valence-corrected chi connectivity index (χ2v) is 9.72. The Bertz CT molecular complexity index is 1450. The quantitative estimate of drug-likeness (QED) is 0.472. The summed E-state index contributed by atoms with van der Waals surface area (Å²) in [5.74, 6) is 1.18. The summed E-state index contributed by atoms with van der Waals surface area (Å²) in [7, 11) is -3.85. The number of benzene rings is 3. The van der Waals surface area contributed by atoms with Crippen molar-refractivity contribution in [2.24, 2.45) is 0 Å².